The van der Waals surface area contributed by atoms with E-state index in [-0.39, 0.29) is 11.8 Å². The van der Waals surface area contributed by atoms with Gasteiger partial charge in [-0.3, -0.25) is 9.59 Å². The first-order chi connectivity index (χ1) is 11.9. The van der Waals surface area contributed by atoms with Crippen LogP contribution in [0.25, 0.3) is 0 Å². The van der Waals surface area contributed by atoms with Crippen LogP contribution in [0.3, 0.4) is 0 Å². The van der Waals surface area contributed by atoms with Crippen molar-refractivity contribution in [3.05, 3.63) is 58.6 Å². The van der Waals surface area contributed by atoms with Gasteiger partial charge in [-0.1, -0.05) is 17.7 Å². The summed E-state index contributed by atoms with van der Waals surface area (Å²) >= 11 is 5.97. The van der Waals surface area contributed by atoms with E-state index in [0.717, 1.165) is 11.3 Å². The second kappa shape index (κ2) is 8.53. The van der Waals surface area contributed by atoms with Gasteiger partial charge in [0.05, 0.1) is 7.11 Å². The summed E-state index contributed by atoms with van der Waals surface area (Å²) in [6, 6.07) is 12.3. The number of benzene rings is 2. The van der Waals surface area contributed by atoms with E-state index in [1.807, 2.05) is 19.1 Å². The van der Waals surface area contributed by atoms with E-state index in [1.54, 1.807) is 42.3 Å². The van der Waals surface area contributed by atoms with Gasteiger partial charge in [0.25, 0.3) is 5.91 Å². The summed E-state index contributed by atoms with van der Waals surface area (Å²) in [7, 11) is 1.55. The van der Waals surface area contributed by atoms with E-state index in [4.69, 9.17) is 16.3 Å². The standard InChI is InChI=1S/C19H21ClN2O3/c1-13-11-16(20)7-8-18(13)22(14(2)23)10-9-21-19(24)15-5-4-6-17(12-15)25-3/h4-8,11-12H,9-10H2,1-3H3,(H,21,24). The van der Waals surface area contributed by atoms with E-state index in [0.29, 0.717) is 29.4 Å². The third-order valence-corrected chi connectivity index (χ3v) is 4.02. The molecule has 2 amide bonds. The highest BCUT2D eigenvalue weighted by Crippen LogP contribution is 2.23. The zero-order valence-electron chi connectivity index (χ0n) is 14.5. The summed E-state index contributed by atoms with van der Waals surface area (Å²) in [6.45, 7) is 4.09. The number of hydrogen-bond donors (Lipinski definition) is 1. The number of amides is 2. The number of halogens is 1. The zero-order valence-corrected chi connectivity index (χ0v) is 15.3. The van der Waals surface area contributed by atoms with Crippen molar-refractivity contribution in [3.8, 4) is 5.75 Å². The van der Waals surface area contributed by atoms with E-state index < -0.39 is 0 Å². The molecule has 0 aliphatic rings. The smallest absolute Gasteiger partial charge is 0.251 e. The summed E-state index contributed by atoms with van der Waals surface area (Å²) in [4.78, 5) is 25.8. The molecule has 25 heavy (non-hydrogen) atoms. The van der Waals surface area contributed by atoms with Crippen LogP contribution >= 0.6 is 11.6 Å². The first-order valence-electron chi connectivity index (χ1n) is 7.89. The van der Waals surface area contributed by atoms with Crippen molar-refractivity contribution in [1.82, 2.24) is 5.32 Å². The molecule has 0 aliphatic carbocycles. The number of rotatable bonds is 6. The Kier molecular flexibility index (Phi) is 6.42. The molecule has 0 saturated carbocycles. The first-order valence-corrected chi connectivity index (χ1v) is 8.26. The molecule has 0 heterocycles. The quantitative estimate of drug-likeness (QED) is 0.858. The minimum Gasteiger partial charge on any atom is -0.497 e. The summed E-state index contributed by atoms with van der Waals surface area (Å²) < 4.78 is 5.12. The lowest BCUT2D eigenvalue weighted by atomic mass is 10.1. The molecule has 0 aromatic heterocycles. The molecule has 6 heteroatoms. The van der Waals surface area contributed by atoms with Gasteiger partial charge in [-0.05, 0) is 48.9 Å². The Morgan fingerprint density at radius 3 is 2.60 bits per heavy atom. The lowest BCUT2D eigenvalue weighted by molar-refractivity contribution is -0.116. The predicted octanol–water partition coefficient (Wildman–Crippen LogP) is 3.44. The van der Waals surface area contributed by atoms with Gasteiger partial charge in [0.1, 0.15) is 5.75 Å². The monoisotopic (exact) mass is 360 g/mol. The van der Waals surface area contributed by atoms with Crippen LogP contribution in [0.2, 0.25) is 5.02 Å². The molecule has 0 aliphatic heterocycles. The van der Waals surface area contributed by atoms with E-state index in [9.17, 15) is 9.59 Å². The Morgan fingerprint density at radius 2 is 1.96 bits per heavy atom. The molecule has 0 fully saturated rings. The number of ether oxygens (including phenoxy) is 1. The van der Waals surface area contributed by atoms with Crippen LogP contribution in [0.5, 0.6) is 5.75 Å². The Balaban J connectivity index is 2.02. The molecular weight excluding hydrogens is 340 g/mol. The molecule has 0 atom stereocenters. The van der Waals surface area contributed by atoms with Crippen molar-refractivity contribution in [2.75, 3.05) is 25.1 Å². The maximum absolute atomic E-state index is 12.2. The lowest BCUT2D eigenvalue weighted by Gasteiger charge is -2.23. The Morgan fingerprint density at radius 1 is 1.20 bits per heavy atom. The molecule has 0 saturated heterocycles. The molecule has 2 aromatic rings. The highest BCUT2D eigenvalue weighted by molar-refractivity contribution is 6.30. The summed E-state index contributed by atoms with van der Waals surface area (Å²) in [5.74, 6) is 0.311. The SMILES string of the molecule is COc1cccc(C(=O)NCCN(C(C)=O)c2ccc(Cl)cc2C)c1. The van der Waals surface area contributed by atoms with Crippen molar-refractivity contribution in [1.29, 1.82) is 0 Å². The number of aryl methyl sites for hydroxylation is 1. The molecular formula is C19H21ClN2O3. The van der Waals surface area contributed by atoms with Crippen LogP contribution in [0.15, 0.2) is 42.5 Å². The lowest BCUT2D eigenvalue weighted by Crippen LogP contribution is -2.37. The number of carbonyl (C=O) groups is 2. The minimum absolute atomic E-state index is 0.0962. The Bertz CT molecular complexity index is 777. The zero-order chi connectivity index (χ0) is 18.4. The maximum atomic E-state index is 12.2. The molecule has 0 spiro atoms. The van der Waals surface area contributed by atoms with Crippen molar-refractivity contribution in [3.63, 3.8) is 0 Å². The summed E-state index contributed by atoms with van der Waals surface area (Å²) in [5, 5.41) is 3.44. The first kappa shape index (κ1) is 18.8. The van der Waals surface area contributed by atoms with Crippen LogP contribution in [0.1, 0.15) is 22.8 Å². The van der Waals surface area contributed by atoms with Gasteiger partial charge >= 0.3 is 0 Å². The van der Waals surface area contributed by atoms with Crippen LogP contribution in [-0.2, 0) is 4.79 Å². The maximum Gasteiger partial charge on any atom is 0.251 e. The molecule has 2 rings (SSSR count). The molecule has 0 unspecified atom stereocenters. The number of nitrogens with one attached hydrogen (secondary N) is 1. The number of carbonyl (C=O) groups excluding carboxylic acids is 2. The normalized spacial score (nSPS) is 10.2. The number of methoxy groups -OCH3 is 1. The third kappa shape index (κ3) is 4.97. The minimum atomic E-state index is -0.213. The van der Waals surface area contributed by atoms with Gasteiger partial charge in [0, 0.05) is 36.3 Å². The van der Waals surface area contributed by atoms with Crippen molar-refractivity contribution in [2.24, 2.45) is 0 Å². The molecule has 0 radical (unpaired) electrons. The number of nitrogens with zero attached hydrogens (tertiary/aromatic N) is 1. The second-order valence-corrected chi connectivity index (χ2v) is 6.03. The highest BCUT2D eigenvalue weighted by Gasteiger charge is 2.14. The largest absolute Gasteiger partial charge is 0.497 e. The molecule has 1 N–H and O–H groups in total. The average Bonchev–Trinajstić information content (AvgIpc) is 2.59. The number of anilines is 1. The van der Waals surface area contributed by atoms with Crippen LogP contribution in [0.4, 0.5) is 5.69 Å². The van der Waals surface area contributed by atoms with Gasteiger partial charge in [-0.25, -0.2) is 0 Å². The third-order valence-electron chi connectivity index (χ3n) is 3.78. The van der Waals surface area contributed by atoms with Crippen molar-refractivity contribution >= 4 is 29.1 Å². The molecule has 5 nitrogen and oxygen atoms in total. The highest BCUT2D eigenvalue weighted by atomic mass is 35.5. The van der Waals surface area contributed by atoms with E-state index >= 15 is 0 Å². The fraction of sp³-hybridized carbons (Fsp3) is 0.263. The van der Waals surface area contributed by atoms with Gasteiger partial charge in [-0.15, -0.1) is 0 Å². The van der Waals surface area contributed by atoms with Crippen molar-refractivity contribution in [2.45, 2.75) is 13.8 Å². The van der Waals surface area contributed by atoms with Gasteiger partial charge in [0.2, 0.25) is 5.91 Å². The fourth-order valence-corrected chi connectivity index (χ4v) is 2.74. The second-order valence-electron chi connectivity index (χ2n) is 5.59. The Labute approximate surface area is 152 Å². The van der Waals surface area contributed by atoms with Crippen molar-refractivity contribution < 1.29 is 14.3 Å². The van der Waals surface area contributed by atoms with Crippen LogP contribution in [-0.4, -0.2) is 32.0 Å². The summed E-state index contributed by atoms with van der Waals surface area (Å²) in [6.07, 6.45) is 0. The molecule has 132 valence electrons. The van der Waals surface area contributed by atoms with Gasteiger partial charge in [0.15, 0.2) is 0 Å². The van der Waals surface area contributed by atoms with Gasteiger partial charge < -0.3 is 15.0 Å². The fourth-order valence-electron chi connectivity index (χ4n) is 2.52. The molecule has 2 aromatic carbocycles. The number of hydrogen-bond acceptors (Lipinski definition) is 3. The van der Waals surface area contributed by atoms with E-state index in [2.05, 4.69) is 5.32 Å². The van der Waals surface area contributed by atoms with Gasteiger partial charge in [-0.2, -0.15) is 0 Å². The molecule has 0 bridgehead atoms. The van der Waals surface area contributed by atoms with Crippen LogP contribution in [0, 0.1) is 6.92 Å². The topological polar surface area (TPSA) is 58.6 Å². The Hall–Kier alpha value is -2.53. The average molecular weight is 361 g/mol. The predicted molar refractivity (Wildman–Crippen MR) is 99.5 cm³/mol. The summed E-state index contributed by atoms with van der Waals surface area (Å²) in [5.41, 5.74) is 2.20. The van der Waals surface area contributed by atoms with E-state index in [1.165, 1.54) is 6.92 Å². The van der Waals surface area contributed by atoms with Crippen LogP contribution < -0.4 is 15.0 Å².